The lowest BCUT2D eigenvalue weighted by molar-refractivity contribution is -0.137. The number of alkyl halides is 3. The first kappa shape index (κ1) is 17.2. The Morgan fingerprint density at radius 2 is 2.00 bits per heavy atom. The maximum atomic E-state index is 13.5. The largest absolute Gasteiger partial charge is 0.439 e. The Hall–Kier alpha value is -2.68. The van der Waals surface area contributed by atoms with Gasteiger partial charge in [0.1, 0.15) is 17.5 Å². The number of cyclic esters (lactones) is 1. The third kappa shape index (κ3) is 3.55. The van der Waals surface area contributed by atoms with Crippen LogP contribution < -0.4 is 5.43 Å². The van der Waals surface area contributed by atoms with Gasteiger partial charge in [-0.25, -0.2) is 10.2 Å². The molecule has 0 saturated carbocycles. The first-order chi connectivity index (χ1) is 11.8. The molecule has 1 aliphatic heterocycles. The van der Waals surface area contributed by atoms with E-state index >= 15 is 0 Å². The summed E-state index contributed by atoms with van der Waals surface area (Å²) < 4.78 is 45.3. The molecule has 0 saturated heterocycles. The molecule has 2 aromatic heterocycles. The van der Waals surface area contributed by atoms with Gasteiger partial charge in [-0.05, 0) is 25.1 Å². The van der Waals surface area contributed by atoms with Gasteiger partial charge in [-0.3, -0.25) is 9.97 Å². The van der Waals surface area contributed by atoms with Crippen molar-refractivity contribution in [1.29, 1.82) is 0 Å². The summed E-state index contributed by atoms with van der Waals surface area (Å²) in [6.45, 7) is 1.50. The smallest absolute Gasteiger partial charge is 0.428 e. The third-order valence-corrected chi connectivity index (χ3v) is 3.62. The van der Waals surface area contributed by atoms with Crippen molar-refractivity contribution in [2.24, 2.45) is 5.10 Å². The van der Waals surface area contributed by atoms with Gasteiger partial charge in [0.2, 0.25) is 0 Å². The number of hydrogen-bond donors (Lipinski definition) is 1. The molecule has 0 fully saturated rings. The van der Waals surface area contributed by atoms with Crippen LogP contribution in [0.3, 0.4) is 0 Å². The van der Waals surface area contributed by atoms with Crippen molar-refractivity contribution < 1.29 is 22.7 Å². The zero-order valence-electron chi connectivity index (χ0n) is 12.6. The second-order valence-electron chi connectivity index (χ2n) is 5.14. The van der Waals surface area contributed by atoms with E-state index in [0.29, 0.717) is 5.02 Å². The topological polar surface area (TPSA) is 76.5 Å². The number of nitrogens with one attached hydrogen (secondary N) is 1. The van der Waals surface area contributed by atoms with Crippen molar-refractivity contribution in [1.82, 2.24) is 15.4 Å². The van der Waals surface area contributed by atoms with E-state index in [9.17, 15) is 18.0 Å². The molecule has 2 aromatic rings. The van der Waals surface area contributed by atoms with Gasteiger partial charge < -0.3 is 4.74 Å². The van der Waals surface area contributed by atoms with Crippen molar-refractivity contribution in [3.05, 3.63) is 46.7 Å². The van der Waals surface area contributed by atoms with Gasteiger partial charge in [-0.2, -0.15) is 18.3 Å². The maximum absolute atomic E-state index is 13.5. The number of pyridine rings is 2. The molecule has 1 atom stereocenters. The van der Waals surface area contributed by atoms with Crippen molar-refractivity contribution >= 4 is 23.4 Å². The molecule has 0 aliphatic carbocycles. The Morgan fingerprint density at radius 1 is 1.24 bits per heavy atom. The van der Waals surface area contributed by atoms with Crippen LogP contribution in [0.25, 0.3) is 11.4 Å². The quantitative estimate of drug-likeness (QED) is 0.875. The molecular formula is C15H10ClF3N4O2. The third-order valence-electron chi connectivity index (χ3n) is 3.40. The van der Waals surface area contributed by atoms with Crippen LogP contribution >= 0.6 is 11.6 Å². The number of ether oxygens (including phenoxy) is 1. The highest BCUT2D eigenvalue weighted by Gasteiger charge is 2.36. The molecule has 3 heterocycles. The van der Waals surface area contributed by atoms with E-state index in [2.05, 4.69) is 20.5 Å². The van der Waals surface area contributed by atoms with Crippen LogP contribution in [0.15, 0.2) is 35.7 Å². The van der Waals surface area contributed by atoms with E-state index in [1.165, 1.54) is 31.5 Å². The van der Waals surface area contributed by atoms with Crippen LogP contribution in [0, 0.1) is 0 Å². The second-order valence-corrected chi connectivity index (χ2v) is 5.57. The van der Waals surface area contributed by atoms with Gasteiger partial charge in [0.05, 0.1) is 16.3 Å². The molecule has 25 heavy (non-hydrogen) atoms. The van der Waals surface area contributed by atoms with E-state index in [4.69, 9.17) is 16.3 Å². The lowest BCUT2D eigenvalue weighted by Gasteiger charge is -2.21. The SMILES string of the molecule is CC1OC(=O)NN=C1c1cnc(-c2ccc(Cl)cn2)c(C(F)(F)F)c1. The molecule has 1 N–H and O–H groups in total. The van der Waals surface area contributed by atoms with Crippen LogP contribution in [-0.2, 0) is 10.9 Å². The number of amides is 1. The number of carbonyl (C=O) groups excluding carboxylic acids is 1. The predicted molar refractivity (Wildman–Crippen MR) is 83.1 cm³/mol. The zero-order chi connectivity index (χ0) is 18.2. The Bertz CT molecular complexity index is 853. The summed E-state index contributed by atoms with van der Waals surface area (Å²) in [6, 6.07) is 3.68. The molecular weight excluding hydrogens is 361 g/mol. The fourth-order valence-electron chi connectivity index (χ4n) is 2.28. The number of carbonyl (C=O) groups is 1. The van der Waals surface area contributed by atoms with Crippen molar-refractivity contribution in [2.75, 3.05) is 0 Å². The number of rotatable bonds is 2. The normalized spacial score (nSPS) is 17.6. The molecule has 0 spiro atoms. The maximum Gasteiger partial charge on any atom is 0.428 e. The van der Waals surface area contributed by atoms with Crippen molar-refractivity contribution in [3.63, 3.8) is 0 Å². The minimum atomic E-state index is -4.66. The molecule has 1 unspecified atom stereocenters. The number of hydrogen-bond acceptors (Lipinski definition) is 5. The molecule has 1 amide bonds. The number of aromatic nitrogens is 2. The number of nitrogens with zero attached hydrogens (tertiary/aromatic N) is 3. The predicted octanol–water partition coefficient (Wildman–Crippen LogP) is 3.65. The van der Waals surface area contributed by atoms with E-state index in [0.717, 1.165) is 6.07 Å². The minimum Gasteiger partial charge on any atom is -0.439 e. The molecule has 0 radical (unpaired) electrons. The average Bonchev–Trinajstić information content (AvgIpc) is 2.54. The first-order valence-electron chi connectivity index (χ1n) is 6.99. The summed E-state index contributed by atoms with van der Waals surface area (Å²) in [4.78, 5) is 18.9. The second kappa shape index (κ2) is 6.32. The van der Waals surface area contributed by atoms with Crippen molar-refractivity contribution in [3.8, 4) is 11.4 Å². The zero-order valence-corrected chi connectivity index (χ0v) is 13.4. The minimum absolute atomic E-state index is 0.0338. The van der Waals surface area contributed by atoms with Gasteiger partial charge in [0.15, 0.2) is 0 Å². The molecule has 1 aliphatic rings. The highest BCUT2D eigenvalue weighted by atomic mass is 35.5. The molecule has 130 valence electrons. The average molecular weight is 371 g/mol. The highest BCUT2D eigenvalue weighted by molar-refractivity contribution is 6.30. The molecule has 0 aromatic carbocycles. The van der Waals surface area contributed by atoms with E-state index < -0.39 is 23.9 Å². The first-order valence-corrected chi connectivity index (χ1v) is 7.37. The van der Waals surface area contributed by atoms with Crippen LogP contribution in [0.1, 0.15) is 18.1 Å². The fourth-order valence-corrected chi connectivity index (χ4v) is 2.39. The summed E-state index contributed by atoms with van der Waals surface area (Å²) in [6.07, 6.45) is -3.79. The Morgan fingerprint density at radius 3 is 2.60 bits per heavy atom. The monoisotopic (exact) mass is 370 g/mol. The Labute approximate surface area is 144 Å². The van der Waals surface area contributed by atoms with Crippen LogP contribution in [0.4, 0.5) is 18.0 Å². The van der Waals surface area contributed by atoms with Gasteiger partial charge in [0, 0.05) is 18.0 Å². The summed E-state index contributed by atoms with van der Waals surface area (Å²) in [5.41, 5.74) is 0.998. The molecule has 10 heteroatoms. The van der Waals surface area contributed by atoms with Crippen LogP contribution in [-0.4, -0.2) is 27.9 Å². The van der Waals surface area contributed by atoms with Crippen LogP contribution in [0.2, 0.25) is 5.02 Å². The number of halogens is 4. The van der Waals surface area contributed by atoms with Crippen molar-refractivity contribution in [2.45, 2.75) is 19.2 Å². The van der Waals surface area contributed by atoms with E-state index in [-0.39, 0.29) is 22.7 Å². The Balaban J connectivity index is 2.10. The molecule has 3 rings (SSSR count). The van der Waals surface area contributed by atoms with E-state index in [1.807, 2.05) is 0 Å². The molecule has 0 bridgehead atoms. The lowest BCUT2D eigenvalue weighted by atomic mass is 10.0. The lowest BCUT2D eigenvalue weighted by Crippen LogP contribution is -2.37. The van der Waals surface area contributed by atoms with Gasteiger partial charge in [-0.15, -0.1) is 0 Å². The summed E-state index contributed by atoms with van der Waals surface area (Å²) in [7, 11) is 0. The van der Waals surface area contributed by atoms with Gasteiger partial charge >= 0.3 is 12.3 Å². The van der Waals surface area contributed by atoms with E-state index in [1.54, 1.807) is 0 Å². The van der Waals surface area contributed by atoms with Gasteiger partial charge in [0.25, 0.3) is 0 Å². The van der Waals surface area contributed by atoms with Gasteiger partial charge in [-0.1, -0.05) is 11.6 Å². The summed E-state index contributed by atoms with van der Waals surface area (Å²) >= 11 is 5.71. The standard InChI is InChI=1S/C15H10ClF3N4O2/c1-7-12(22-23-14(24)25-7)8-4-10(15(17,18)19)13(21-5-8)11-3-2-9(16)6-20-11/h2-7H,1H3,(H,23,24). The summed E-state index contributed by atoms with van der Waals surface area (Å²) in [5.74, 6) is 0. The fraction of sp³-hybridized carbons (Fsp3) is 0.200. The van der Waals surface area contributed by atoms with Crippen LogP contribution in [0.5, 0.6) is 0 Å². The number of hydrazone groups is 1. The highest BCUT2D eigenvalue weighted by Crippen LogP contribution is 2.36. The summed E-state index contributed by atoms with van der Waals surface area (Å²) in [5, 5.41) is 4.05. The Kier molecular flexibility index (Phi) is 4.34. The molecule has 6 nitrogen and oxygen atoms in total.